The first-order valence-electron chi connectivity index (χ1n) is 3.99. The third-order valence-corrected chi connectivity index (χ3v) is 3.46. The summed E-state index contributed by atoms with van der Waals surface area (Å²) in [7, 11) is 0. The van der Waals surface area contributed by atoms with Crippen LogP contribution in [0.25, 0.3) is 0 Å². The molecule has 2 fully saturated rings. The molecule has 2 rings (SSSR count). The Morgan fingerprint density at radius 2 is 2.25 bits per heavy atom. The highest BCUT2D eigenvalue weighted by Crippen LogP contribution is 2.49. The standard InChI is InChI=1S/C8H9ClO3/c9-5-1-4-6(10)2-3(5)7(4)8(11)12/h3-5,7H,1-2H2,(H,11,12)/p-1/t3-,4-,5-,7-/m1/s1. The summed E-state index contributed by atoms with van der Waals surface area (Å²) in [6, 6.07) is 0. The number of carboxylic acid groups (broad SMARTS) is 1. The number of Topliss-reactive ketones (excluding diaryl/α,β-unsaturated/α-hetero) is 1. The van der Waals surface area contributed by atoms with Crippen molar-refractivity contribution in [3.8, 4) is 0 Å². The molecule has 12 heavy (non-hydrogen) atoms. The van der Waals surface area contributed by atoms with E-state index >= 15 is 0 Å². The summed E-state index contributed by atoms with van der Waals surface area (Å²) in [4.78, 5) is 21.8. The van der Waals surface area contributed by atoms with Crippen LogP contribution in [0.4, 0.5) is 0 Å². The number of fused-ring (bicyclic) bond motifs is 2. The van der Waals surface area contributed by atoms with Crippen molar-refractivity contribution in [1.82, 2.24) is 0 Å². The highest BCUT2D eigenvalue weighted by atomic mass is 35.5. The lowest BCUT2D eigenvalue weighted by Crippen LogP contribution is -2.34. The van der Waals surface area contributed by atoms with E-state index in [4.69, 9.17) is 11.6 Å². The molecule has 0 radical (unpaired) electrons. The maximum atomic E-state index is 11.1. The van der Waals surface area contributed by atoms with E-state index in [1.807, 2.05) is 0 Å². The van der Waals surface area contributed by atoms with Crippen molar-refractivity contribution in [2.24, 2.45) is 17.8 Å². The average Bonchev–Trinajstić information content (AvgIpc) is 2.41. The van der Waals surface area contributed by atoms with Crippen molar-refractivity contribution in [2.75, 3.05) is 0 Å². The molecule has 0 aromatic heterocycles. The molecule has 3 nitrogen and oxygen atoms in total. The van der Waals surface area contributed by atoms with Crippen molar-refractivity contribution >= 4 is 23.4 Å². The second kappa shape index (κ2) is 2.46. The van der Waals surface area contributed by atoms with Crippen molar-refractivity contribution in [2.45, 2.75) is 18.2 Å². The van der Waals surface area contributed by atoms with E-state index in [1.54, 1.807) is 0 Å². The lowest BCUT2D eigenvalue weighted by Gasteiger charge is -2.15. The van der Waals surface area contributed by atoms with Gasteiger partial charge in [0.15, 0.2) is 0 Å². The Bertz CT molecular complexity index is 251. The van der Waals surface area contributed by atoms with Gasteiger partial charge in [-0.1, -0.05) is 0 Å². The Morgan fingerprint density at radius 3 is 2.58 bits per heavy atom. The van der Waals surface area contributed by atoms with Crippen LogP contribution in [0.3, 0.4) is 0 Å². The fourth-order valence-electron chi connectivity index (χ4n) is 2.40. The lowest BCUT2D eigenvalue weighted by molar-refractivity contribution is -0.313. The highest BCUT2D eigenvalue weighted by Gasteiger charge is 2.52. The number of aliphatic carboxylic acids is 1. The minimum atomic E-state index is -1.11. The van der Waals surface area contributed by atoms with Crippen molar-refractivity contribution in [3.05, 3.63) is 0 Å². The highest BCUT2D eigenvalue weighted by molar-refractivity contribution is 6.22. The van der Waals surface area contributed by atoms with Gasteiger partial charge in [0.05, 0.1) is 0 Å². The Kier molecular flexibility index (Phi) is 1.65. The zero-order valence-electron chi connectivity index (χ0n) is 6.33. The summed E-state index contributed by atoms with van der Waals surface area (Å²) < 4.78 is 0. The molecule has 0 aromatic rings. The molecular formula is C8H8ClO3-. The minimum absolute atomic E-state index is 0.0473. The van der Waals surface area contributed by atoms with E-state index in [0.717, 1.165) is 0 Å². The van der Waals surface area contributed by atoms with E-state index in [1.165, 1.54) is 0 Å². The summed E-state index contributed by atoms with van der Waals surface area (Å²) >= 11 is 5.87. The van der Waals surface area contributed by atoms with Gasteiger partial charge in [0.2, 0.25) is 0 Å². The molecule has 0 spiro atoms. The SMILES string of the molecule is O=C([O-])[C@@H]1[C@@H]2CC(=O)[C@H]1C[C@H]2Cl. The summed E-state index contributed by atoms with van der Waals surface area (Å²) in [5.74, 6) is -2.21. The quantitative estimate of drug-likeness (QED) is 0.524. The zero-order valence-corrected chi connectivity index (χ0v) is 7.08. The van der Waals surface area contributed by atoms with Crippen LogP contribution in [0.2, 0.25) is 0 Å². The molecule has 2 saturated carbocycles. The van der Waals surface area contributed by atoms with Crippen LogP contribution in [0.1, 0.15) is 12.8 Å². The molecule has 4 heteroatoms. The van der Waals surface area contributed by atoms with Crippen molar-refractivity contribution in [1.29, 1.82) is 0 Å². The fraction of sp³-hybridized carbons (Fsp3) is 0.750. The monoisotopic (exact) mass is 187 g/mol. The van der Waals surface area contributed by atoms with Gasteiger partial charge in [0, 0.05) is 29.6 Å². The third kappa shape index (κ3) is 0.891. The van der Waals surface area contributed by atoms with E-state index < -0.39 is 11.9 Å². The largest absolute Gasteiger partial charge is 0.550 e. The molecule has 0 aliphatic heterocycles. The Balaban J connectivity index is 2.28. The number of rotatable bonds is 1. The zero-order chi connectivity index (χ0) is 8.88. The Labute approximate surface area is 74.7 Å². The van der Waals surface area contributed by atoms with Crippen molar-refractivity contribution < 1.29 is 14.7 Å². The maximum Gasteiger partial charge on any atom is 0.137 e. The van der Waals surface area contributed by atoms with Crippen LogP contribution in [0.15, 0.2) is 0 Å². The molecule has 4 atom stereocenters. The smallest absolute Gasteiger partial charge is 0.137 e. The van der Waals surface area contributed by atoms with E-state index in [9.17, 15) is 14.7 Å². The lowest BCUT2D eigenvalue weighted by atomic mass is 9.98. The number of carboxylic acids is 1. The summed E-state index contributed by atoms with van der Waals surface area (Å²) in [6.07, 6.45) is 0.848. The van der Waals surface area contributed by atoms with Gasteiger partial charge in [-0.15, -0.1) is 11.6 Å². The number of ketones is 1. The molecule has 66 valence electrons. The number of alkyl halides is 1. The molecule has 0 amide bonds. The van der Waals surface area contributed by atoms with Gasteiger partial charge >= 0.3 is 0 Å². The van der Waals surface area contributed by atoms with E-state index in [-0.39, 0.29) is 23.0 Å². The predicted octanol–water partition coefficient (Wildman–Crippen LogP) is -0.431. The molecule has 0 heterocycles. The molecule has 0 N–H and O–H groups in total. The first-order chi connectivity index (χ1) is 5.61. The van der Waals surface area contributed by atoms with Crippen LogP contribution in [0, 0.1) is 17.8 Å². The van der Waals surface area contributed by atoms with Crippen LogP contribution in [-0.4, -0.2) is 17.1 Å². The molecule has 0 saturated heterocycles. The minimum Gasteiger partial charge on any atom is -0.550 e. The first-order valence-corrected chi connectivity index (χ1v) is 4.42. The molecule has 2 aliphatic rings. The number of carbonyl (C=O) groups excluding carboxylic acids is 2. The van der Waals surface area contributed by atoms with Gasteiger partial charge in [0.1, 0.15) is 5.78 Å². The molecule has 2 aliphatic carbocycles. The topological polar surface area (TPSA) is 57.2 Å². The second-order valence-corrected chi connectivity index (χ2v) is 4.10. The summed E-state index contributed by atoms with van der Waals surface area (Å²) in [6.45, 7) is 0. The molecule has 0 unspecified atom stereocenters. The van der Waals surface area contributed by atoms with Crippen LogP contribution < -0.4 is 5.11 Å². The van der Waals surface area contributed by atoms with Crippen molar-refractivity contribution in [3.63, 3.8) is 0 Å². The van der Waals surface area contributed by atoms with Gasteiger partial charge in [0.25, 0.3) is 0 Å². The fourth-order valence-corrected chi connectivity index (χ4v) is 2.83. The number of hydrogen-bond acceptors (Lipinski definition) is 3. The Morgan fingerprint density at radius 1 is 1.58 bits per heavy atom. The normalized spacial score (nSPS) is 45.2. The van der Waals surface area contributed by atoms with Gasteiger partial charge in [-0.2, -0.15) is 0 Å². The second-order valence-electron chi connectivity index (χ2n) is 3.54. The number of carbonyl (C=O) groups is 2. The van der Waals surface area contributed by atoms with E-state index in [0.29, 0.717) is 12.8 Å². The number of halogens is 1. The van der Waals surface area contributed by atoms with Crippen LogP contribution in [0.5, 0.6) is 0 Å². The number of hydrogen-bond donors (Lipinski definition) is 0. The summed E-state index contributed by atoms with van der Waals surface area (Å²) in [5.41, 5.74) is 0. The molecule has 2 bridgehead atoms. The Hall–Kier alpha value is -0.570. The average molecular weight is 188 g/mol. The van der Waals surface area contributed by atoms with Gasteiger partial charge in [-0.25, -0.2) is 0 Å². The van der Waals surface area contributed by atoms with Crippen LogP contribution in [-0.2, 0) is 9.59 Å². The first kappa shape index (κ1) is 8.05. The van der Waals surface area contributed by atoms with Gasteiger partial charge < -0.3 is 9.90 Å². The maximum absolute atomic E-state index is 11.1. The van der Waals surface area contributed by atoms with Crippen LogP contribution >= 0.6 is 11.6 Å². The van der Waals surface area contributed by atoms with Gasteiger partial charge in [-0.05, 0) is 12.3 Å². The van der Waals surface area contributed by atoms with Gasteiger partial charge in [-0.3, -0.25) is 4.79 Å². The predicted molar refractivity (Wildman–Crippen MR) is 39.4 cm³/mol. The van der Waals surface area contributed by atoms with E-state index in [2.05, 4.69) is 0 Å². The third-order valence-electron chi connectivity index (χ3n) is 2.96. The molecule has 0 aromatic carbocycles. The summed E-state index contributed by atoms with van der Waals surface area (Å²) in [5, 5.41) is 10.5. The molecular weight excluding hydrogens is 180 g/mol.